The normalized spacial score (nSPS) is 10.2. The monoisotopic (exact) mass is 282 g/mol. The second-order valence-corrected chi connectivity index (χ2v) is 4.97. The number of hydrogen-bond acceptors (Lipinski definition) is 4. The molecule has 2 N–H and O–H groups in total. The van der Waals surface area contributed by atoms with Crippen LogP contribution >= 0.6 is 0 Å². The molecule has 0 unspecified atom stereocenters. The lowest BCUT2D eigenvalue weighted by Crippen LogP contribution is -2.07. The van der Waals surface area contributed by atoms with E-state index in [2.05, 4.69) is 11.6 Å². The van der Waals surface area contributed by atoms with E-state index in [-0.39, 0.29) is 12.4 Å². The van der Waals surface area contributed by atoms with Crippen molar-refractivity contribution in [2.45, 2.75) is 13.8 Å². The van der Waals surface area contributed by atoms with E-state index in [0.29, 0.717) is 11.4 Å². The number of nitrogens with zero attached hydrogens (tertiary/aromatic N) is 1. The summed E-state index contributed by atoms with van der Waals surface area (Å²) in [6.07, 6.45) is 3.27. The van der Waals surface area contributed by atoms with Crippen LogP contribution in [0.15, 0.2) is 43.2 Å². The molecule has 0 saturated carbocycles. The molecule has 0 fully saturated rings. The standard InChI is InChI=1S/C17H18N2O2/c1-11-4-5-17(18)16(6-11)13(3)14-7-15(9-19-8-14)21-10-12(2)20/h4-9H,3,10,18H2,1-2H3. The molecule has 0 radical (unpaired) electrons. The molecule has 4 heteroatoms. The zero-order valence-corrected chi connectivity index (χ0v) is 12.2. The minimum absolute atomic E-state index is 0.0319. The van der Waals surface area contributed by atoms with Gasteiger partial charge in [0.15, 0.2) is 5.78 Å². The van der Waals surface area contributed by atoms with Crippen molar-refractivity contribution in [1.29, 1.82) is 0 Å². The molecule has 4 nitrogen and oxygen atoms in total. The van der Waals surface area contributed by atoms with Crippen LogP contribution in [-0.2, 0) is 4.79 Å². The maximum absolute atomic E-state index is 11.0. The van der Waals surface area contributed by atoms with Crippen molar-refractivity contribution in [3.63, 3.8) is 0 Å². The third-order valence-electron chi connectivity index (χ3n) is 3.04. The summed E-state index contributed by atoms with van der Waals surface area (Å²) in [6, 6.07) is 7.61. The molecular formula is C17H18N2O2. The van der Waals surface area contributed by atoms with Gasteiger partial charge in [0.1, 0.15) is 12.4 Å². The van der Waals surface area contributed by atoms with Gasteiger partial charge in [-0.25, -0.2) is 0 Å². The van der Waals surface area contributed by atoms with Crippen molar-refractivity contribution in [2.75, 3.05) is 12.3 Å². The van der Waals surface area contributed by atoms with Crippen LogP contribution in [0, 0.1) is 6.92 Å². The number of carbonyl (C=O) groups excluding carboxylic acids is 1. The Kier molecular flexibility index (Phi) is 4.38. The average Bonchev–Trinajstić information content (AvgIpc) is 2.47. The van der Waals surface area contributed by atoms with E-state index in [0.717, 1.165) is 22.3 Å². The molecule has 108 valence electrons. The Hall–Kier alpha value is -2.62. The highest BCUT2D eigenvalue weighted by Crippen LogP contribution is 2.28. The van der Waals surface area contributed by atoms with Crippen LogP contribution in [0.5, 0.6) is 5.75 Å². The predicted octanol–water partition coefficient (Wildman–Crippen LogP) is 3.00. The number of aromatic nitrogens is 1. The minimum Gasteiger partial charge on any atom is -0.484 e. The number of Topliss-reactive ketones (excluding diaryl/α,β-unsaturated/α-hetero) is 1. The zero-order chi connectivity index (χ0) is 15.4. The Morgan fingerprint density at radius 3 is 2.81 bits per heavy atom. The number of nitrogens with two attached hydrogens (primary N) is 1. The van der Waals surface area contributed by atoms with Crippen LogP contribution in [0.1, 0.15) is 23.6 Å². The van der Waals surface area contributed by atoms with Gasteiger partial charge in [-0.15, -0.1) is 0 Å². The summed E-state index contributed by atoms with van der Waals surface area (Å²) in [7, 11) is 0. The maximum atomic E-state index is 11.0. The molecule has 0 saturated heterocycles. The number of nitrogen functional groups attached to an aromatic ring is 1. The molecule has 1 aromatic heterocycles. The fourth-order valence-corrected chi connectivity index (χ4v) is 1.93. The number of carbonyl (C=O) groups is 1. The molecule has 1 aromatic carbocycles. The van der Waals surface area contributed by atoms with Crippen molar-refractivity contribution in [2.24, 2.45) is 0 Å². The SMILES string of the molecule is C=C(c1cncc(OCC(C)=O)c1)c1cc(C)ccc1N. The molecule has 2 rings (SSSR count). The summed E-state index contributed by atoms with van der Waals surface area (Å²) in [5.41, 5.74) is 10.2. The van der Waals surface area contributed by atoms with Gasteiger partial charge in [-0.05, 0) is 37.6 Å². The van der Waals surface area contributed by atoms with Gasteiger partial charge >= 0.3 is 0 Å². The molecule has 0 aliphatic carbocycles. The van der Waals surface area contributed by atoms with Crippen LogP contribution in [0.25, 0.3) is 5.57 Å². The van der Waals surface area contributed by atoms with Crippen LogP contribution in [0.3, 0.4) is 0 Å². The molecule has 0 spiro atoms. The maximum Gasteiger partial charge on any atom is 0.167 e. The van der Waals surface area contributed by atoms with E-state index in [1.54, 1.807) is 18.5 Å². The van der Waals surface area contributed by atoms with Gasteiger partial charge in [-0.1, -0.05) is 18.2 Å². The molecule has 0 aliphatic rings. The minimum atomic E-state index is -0.0397. The van der Waals surface area contributed by atoms with Crippen molar-refractivity contribution in [3.05, 3.63) is 59.9 Å². The zero-order valence-electron chi connectivity index (χ0n) is 12.2. The Labute approximate surface area is 124 Å². The molecule has 2 aromatic rings. The highest BCUT2D eigenvalue weighted by atomic mass is 16.5. The van der Waals surface area contributed by atoms with Crippen molar-refractivity contribution in [1.82, 2.24) is 4.98 Å². The third-order valence-corrected chi connectivity index (χ3v) is 3.04. The summed E-state index contributed by atoms with van der Waals surface area (Å²) in [6.45, 7) is 7.60. The smallest absolute Gasteiger partial charge is 0.167 e. The second-order valence-electron chi connectivity index (χ2n) is 4.97. The number of pyridine rings is 1. The van der Waals surface area contributed by atoms with E-state index >= 15 is 0 Å². The molecule has 21 heavy (non-hydrogen) atoms. The van der Waals surface area contributed by atoms with Crippen LogP contribution in [0.4, 0.5) is 5.69 Å². The van der Waals surface area contributed by atoms with Crippen LogP contribution < -0.4 is 10.5 Å². The van der Waals surface area contributed by atoms with E-state index in [9.17, 15) is 4.79 Å². The molecule has 0 aliphatic heterocycles. The quantitative estimate of drug-likeness (QED) is 0.856. The highest BCUT2D eigenvalue weighted by molar-refractivity contribution is 5.84. The summed E-state index contributed by atoms with van der Waals surface area (Å²) >= 11 is 0. The van der Waals surface area contributed by atoms with Gasteiger partial charge in [0, 0.05) is 23.0 Å². The first-order chi connectivity index (χ1) is 9.97. The second kappa shape index (κ2) is 6.22. The third kappa shape index (κ3) is 3.69. The first-order valence-corrected chi connectivity index (χ1v) is 6.60. The Balaban J connectivity index is 2.29. The van der Waals surface area contributed by atoms with Gasteiger partial charge in [0.2, 0.25) is 0 Å². The highest BCUT2D eigenvalue weighted by Gasteiger charge is 2.08. The van der Waals surface area contributed by atoms with Gasteiger partial charge in [0.05, 0.1) is 6.20 Å². The summed E-state index contributed by atoms with van der Waals surface area (Å²) in [5, 5.41) is 0. The number of ether oxygens (including phenoxy) is 1. The lowest BCUT2D eigenvalue weighted by Gasteiger charge is -2.11. The molecule has 0 atom stereocenters. The van der Waals surface area contributed by atoms with E-state index in [1.807, 2.05) is 25.1 Å². The number of ketones is 1. The molecule has 0 bridgehead atoms. The summed E-state index contributed by atoms with van der Waals surface area (Å²) in [5.74, 6) is 0.497. The number of benzene rings is 1. The summed E-state index contributed by atoms with van der Waals surface area (Å²) < 4.78 is 5.36. The number of anilines is 1. The summed E-state index contributed by atoms with van der Waals surface area (Å²) in [4.78, 5) is 15.1. The predicted molar refractivity (Wildman–Crippen MR) is 84.1 cm³/mol. The largest absolute Gasteiger partial charge is 0.484 e. The molecule has 0 amide bonds. The van der Waals surface area contributed by atoms with Crippen LogP contribution in [0.2, 0.25) is 0 Å². The Morgan fingerprint density at radius 2 is 2.10 bits per heavy atom. The van der Waals surface area contributed by atoms with Gasteiger partial charge < -0.3 is 10.5 Å². The number of rotatable bonds is 5. The van der Waals surface area contributed by atoms with E-state index < -0.39 is 0 Å². The Bertz CT molecular complexity index is 693. The lowest BCUT2D eigenvalue weighted by molar-refractivity contribution is -0.118. The van der Waals surface area contributed by atoms with E-state index in [1.165, 1.54) is 6.92 Å². The number of hydrogen-bond donors (Lipinski definition) is 1. The van der Waals surface area contributed by atoms with Crippen LogP contribution in [-0.4, -0.2) is 17.4 Å². The van der Waals surface area contributed by atoms with Gasteiger partial charge in [-0.3, -0.25) is 9.78 Å². The van der Waals surface area contributed by atoms with Gasteiger partial charge in [-0.2, -0.15) is 0 Å². The van der Waals surface area contributed by atoms with Crippen molar-refractivity contribution < 1.29 is 9.53 Å². The number of aryl methyl sites for hydroxylation is 1. The topological polar surface area (TPSA) is 65.2 Å². The van der Waals surface area contributed by atoms with Gasteiger partial charge in [0.25, 0.3) is 0 Å². The Morgan fingerprint density at radius 1 is 1.33 bits per heavy atom. The molecular weight excluding hydrogens is 264 g/mol. The first-order valence-electron chi connectivity index (χ1n) is 6.60. The average molecular weight is 282 g/mol. The lowest BCUT2D eigenvalue weighted by atomic mass is 9.98. The van der Waals surface area contributed by atoms with E-state index in [4.69, 9.17) is 10.5 Å². The molecule has 1 heterocycles. The van der Waals surface area contributed by atoms with Crippen molar-refractivity contribution >= 4 is 17.0 Å². The first kappa shape index (κ1) is 14.8. The van der Waals surface area contributed by atoms with Crippen molar-refractivity contribution in [3.8, 4) is 5.75 Å². The fourth-order valence-electron chi connectivity index (χ4n) is 1.93. The fraction of sp³-hybridized carbons (Fsp3) is 0.176.